The topological polar surface area (TPSA) is 118 Å². The fourth-order valence-electron chi connectivity index (χ4n) is 4.60. The van der Waals surface area contributed by atoms with Gasteiger partial charge in [0.2, 0.25) is 0 Å². The number of anilines is 2. The van der Waals surface area contributed by atoms with E-state index in [1.165, 1.54) is 6.33 Å². The Bertz CT molecular complexity index is 1420. The number of ketones is 1. The van der Waals surface area contributed by atoms with Gasteiger partial charge in [-0.05, 0) is 68.8 Å². The molecule has 4 aromatic rings. The molecule has 196 valence electrons. The minimum atomic E-state index is -0.973. The monoisotopic (exact) mass is 533 g/mol. The Morgan fingerprint density at radius 1 is 1.16 bits per heavy atom. The molecule has 0 amide bonds. The van der Waals surface area contributed by atoms with Crippen molar-refractivity contribution in [1.29, 1.82) is 0 Å². The van der Waals surface area contributed by atoms with E-state index in [1.807, 2.05) is 36.4 Å². The van der Waals surface area contributed by atoms with Gasteiger partial charge >= 0.3 is 0 Å². The molecule has 0 saturated carbocycles. The van der Waals surface area contributed by atoms with Crippen molar-refractivity contribution in [2.24, 2.45) is 0 Å². The maximum atomic E-state index is 13.2. The highest BCUT2D eigenvalue weighted by Crippen LogP contribution is 2.35. The summed E-state index contributed by atoms with van der Waals surface area (Å²) in [7, 11) is 0. The standard InChI is InChI=1S/C28H28ClN5O4/c1-18(26(36)28(16-35)11-5-13-33-28)38-24-8-4-7-22-25(24)27(32-17-31-22)34-19-9-10-23(21(29)14-19)37-15-20-6-2-3-12-30-20/h2-4,6-10,12,14,17-18,33,35H,5,11,13,15-16H2,1H3,(H,31,32,34)/t18-,28+/m1/s1. The van der Waals surface area contributed by atoms with Crippen LogP contribution >= 0.6 is 11.6 Å². The fraction of sp³-hybridized carbons (Fsp3) is 0.286. The van der Waals surface area contributed by atoms with Crippen molar-refractivity contribution < 1.29 is 19.4 Å². The lowest BCUT2D eigenvalue weighted by Crippen LogP contribution is -2.55. The first-order chi connectivity index (χ1) is 18.5. The van der Waals surface area contributed by atoms with Crippen LogP contribution in [0.2, 0.25) is 5.02 Å². The predicted molar refractivity (Wildman–Crippen MR) is 145 cm³/mol. The highest BCUT2D eigenvalue weighted by atomic mass is 35.5. The number of hydrogen-bond acceptors (Lipinski definition) is 9. The van der Waals surface area contributed by atoms with Gasteiger partial charge in [-0.25, -0.2) is 9.97 Å². The molecule has 9 nitrogen and oxygen atoms in total. The summed E-state index contributed by atoms with van der Waals surface area (Å²) in [5.41, 5.74) is 1.16. The van der Waals surface area contributed by atoms with Gasteiger partial charge in [-0.2, -0.15) is 0 Å². The molecule has 10 heteroatoms. The highest BCUT2D eigenvalue weighted by molar-refractivity contribution is 6.32. The number of hydrogen-bond donors (Lipinski definition) is 3. The van der Waals surface area contributed by atoms with Gasteiger partial charge in [-0.15, -0.1) is 0 Å². The second kappa shape index (κ2) is 11.3. The van der Waals surface area contributed by atoms with Crippen molar-refractivity contribution in [1.82, 2.24) is 20.3 Å². The zero-order valence-electron chi connectivity index (χ0n) is 20.9. The van der Waals surface area contributed by atoms with Crippen LogP contribution in [0.3, 0.4) is 0 Å². The molecule has 1 fully saturated rings. The molecular weight excluding hydrogens is 506 g/mol. The van der Waals surface area contributed by atoms with E-state index in [1.54, 1.807) is 31.3 Å². The van der Waals surface area contributed by atoms with Crippen LogP contribution < -0.4 is 20.1 Å². The molecule has 3 N–H and O–H groups in total. The number of rotatable bonds is 10. The van der Waals surface area contributed by atoms with Crippen LogP contribution in [0.4, 0.5) is 11.5 Å². The van der Waals surface area contributed by atoms with Crippen LogP contribution in [0, 0.1) is 0 Å². The van der Waals surface area contributed by atoms with Crippen LogP contribution in [0.5, 0.6) is 11.5 Å². The van der Waals surface area contributed by atoms with Gasteiger partial charge in [0, 0.05) is 11.9 Å². The molecule has 0 unspecified atom stereocenters. The number of ether oxygens (including phenoxy) is 2. The summed E-state index contributed by atoms with van der Waals surface area (Å²) in [6.45, 7) is 2.41. The number of aliphatic hydroxyl groups excluding tert-OH is 1. The Morgan fingerprint density at radius 3 is 2.79 bits per heavy atom. The zero-order valence-corrected chi connectivity index (χ0v) is 21.6. The number of nitrogens with one attached hydrogen (secondary N) is 2. The van der Waals surface area contributed by atoms with Gasteiger partial charge in [-0.1, -0.05) is 23.7 Å². The molecule has 0 bridgehead atoms. The van der Waals surface area contributed by atoms with Crippen LogP contribution in [-0.2, 0) is 11.4 Å². The van der Waals surface area contributed by atoms with Crippen molar-refractivity contribution in [3.05, 3.63) is 77.8 Å². The highest BCUT2D eigenvalue weighted by Gasteiger charge is 2.43. The van der Waals surface area contributed by atoms with Crippen molar-refractivity contribution in [2.75, 3.05) is 18.5 Å². The second-order valence-electron chi connectivity index (χ2n) is 9.15. The van der Waals surface area contributed by atoms with Gasteiger partial charge in [-0.3, -0.25) is 9.78 Å². The fourth-order valence-corrected chi connectivity index (χ4v) is 4.84. The summed E-state index contributed by atoms with van der Waals surface area (Å²) in [4.78, 5) is 26.3. The molecular formula is C28H28ClN5O4. The molecule has 0 aliphatic carbocycles. The van der Waals surface area contributed by atoms with Crippen molar-refractivity contribution >= 4 is 39.8 Å². The number of carbonyl (C=O) groups excluding carboxylic acids is 1. The molecule has 3 heterocycles. The lowest BCUT2D eigenvalue weighted by atomic mass is 9.90. The Balaban J connectivity index is 1.36. The quantitative estimate of drug-likeness (QED) is 0.271. The first kappa shape index (κ1) is 25.8. The summed E-state index contributed by atoms with van der Waals surface area (Å²) < 4.78 is 12.0. The van der Waals surface area contributed by atoms with Crippen molar-refractivity contribution in [2.45, 2.75) is 38.0 Å². The van der Waals surface area contributed by atoms with E-state index in [-0.39, 0.29) is 12.4 Å². The maximum Gasteiger partial charge on any atom is 0.195 e. The lowest BCUT2D eigenvalue weighted by molar-refractivity contribution is -0.132. The van der Waals surface area contributed by atoms with Crippen molar-refractivity contribution in [3.8, 4) is 11.5 Å². The van der Waals surface area contributed by atoms with Crippen LogP contribution in [0.1, 0.15) is 25.5 Å². The number of aromatic nitrogens is 3. The summed E-state index contributed by atoms with van der Waals surface area (Å²) in [5, 5.41) is 17.4. The zero-order chi connectivity index (χ0) is 26.5. The molecule has 2 aromatic heterocycles. The Labute approximate surface area is 225 Å². The largest absolute Gasteiger partial charge is 0.486 e. The smallest absolute Gasteiger partial charge is 0.195 e. The average Bonchev–Trinajstić information content (AvgIpc) is 3.43. The predicted octanol–water partition coefficient (Wildman–Crippen LogP) is 4.45. The number of pyridine rings is 1. The number of fused-ring (bicyclic) bond motifs is 1. The van der Waals surface area contributed by atoms with Crippen molar-refractivity contribution in [3.63, 3.8) is 0 Å². The van der Waals surface area contributed by atoms with E-state index in [0.717, 1.165) is 12.1 Å². The van der Waals surface area contributed by atoms with E-state index >= 15 is 0 Å². The summed E-state index contributed by atoms with van der Waals surface area (Å²) >= 11 is 6.50. The second-order valence-corrected chi connectivity index (χ2v) is 9.55. The first-order valence-electron chi connectivity index (χ1n) is 12.4. The van der Waals surface area contributed by atoms with Gasteiger partial charge in [0.1, 0.15) is 35.8 Å². The summed E-state index contributed by atoms with van der Waals surface area (Å²) in [6.07, 6.45) is 3.77. The number of Topliss-reactive ketones (excluding diaryl/α,β-unsaturated/α-hetero) is 1. The van der Waals surface area contributed by atoms with Crippen LogP contribution in [0.25, 0.3) is 10.9 Å². The molecule has 0 spiro atoms. The van der Waals surface area contributed by atoms with Gasteiger partial charge in [0.25, 0.3) is 0 Å². The Morgan fingerprint density at radius 2 is 2.05 bits per heavy atom. The number of aliphatic hydroxyl groups is 1. The average molecular weight is 534 g/mol. The van der Waals surface area contributed by atoms with Crippen LogP contribution in [0.15, 0.2) is 67.1 Å². The number of nitrogens with zero attached hydrogens (tertiary/aromatic N) is 3. The van der Waals surface area contributed by atoms with E-state index in [9.17, 15) is 9.90 Å². The molecule has 0 radical (unpaired) electrons. The summed E-state index contributed by atoms with van der Waals surface area (Å²) in [6, 6.07) is 16.4. The lowest BCUT2D eigenvalue weighted by Gasteiger charge is -2.29. The Kier molecular flexibility index (Phi) is 7.69. The molecule has 38 heavy (non-hydrogen) atoms. The van der Waals surface area contributed by atoms with E-state index in [2.05, 4.69) is 25.6 Å². The van der Waals surface area contributed by atoms with E-state index in [4.69, 9.17) is 21.1 Å². The third-order valence-corrected chi connectivity index (χ3v) is 6.87. The summed E-state index contributed by atoms with van der Waals surface area (Å²) in [5.74, 6) is 1.30. The third-order valence-electron chi connectivity index (χ3n) is 6.58. The number of carbonyl (C=O) groups is 1. The Hall–Kier alpha value is -3.79. The molecule has 5 rings (SSSR count). The molecule has 2 atom stereocenters. The normalized spacial score (nSPS) is 17.8. The SMILES string of the molecule is C[C@@H](Oc1cccc2ncnc(Nc3ccc(OCc4ccccn4)c(Cl)c3)c12)C(=O)[C@@]1(CO)CCCN1. The third kappa shape index (κ3) is 5.40. The number of halogens is 1. The molecule has 1 aliphatic rings. The van der Waals surface area contributed by atoms with Gasteiger partial charge in [0.05, 0.1) is 28.2 Å². The molecule has 1 saturated heterocycles. The first-order valence-corrected chi connectivity index (χ1v) is 12.8. The number of benzene rings is 2. The minimum absolute atomic E-state index is 0.186. The molecule has 2 aromatic carbocycles. The van der Waals surface area contributed by atoms with Gasteiger partial charge in [0.15, 0.2) is 11.9 Å². The van der Waals surface area contributed by atoms with E-state index in [0.29, 0.717) is 58.5 Å². The minimum Gasteiger partial charge on any atom is -0.486 e. The van der Waals surface area contributed by atoms with Gasteiger partial charge < -0.3 is 25.2 Å². The van der Waals surface area contributed by atoms with E-state index < -0.39 is 11.6 Å². The maximum absolute atomic E-state index is 13.2. The van der Waals surface area contributed by atoms with Crippen LogP contribution in [-0.4, -0.2) is 50.6 Å². The molecule has 1 aliphatic heterocycles.